The van der Waals surface area contributed by atoms with Crippen LogP contribution in [0.3, 0.4) is 0 Å². The van der Waals surface area contributed by atoms with Crippen LogP contribution in [0.1, 0.15) is 109 Å². The van der Waals surface area contributed by atoms with Crippen molar-refractivity contribution in [1.29, 1.82) is 0 Å². The molecule has 0 saturated heterocycles. The molecule has 0 radical (unpaired) electrons. The fraction of sp³-hybridized carbons (Fsp3) is 0.370. The van der Waals surface area contributed by atoms with Crippen LogP contribution in [-0.4, -0.2) is 72.3 Å². The molecule has 62 heavy (non-hydrogen) atoms. The number of hydroxylamine groups is 2. The Labute approximate surface area is 359 Å². The Morgan fingerprint density at radius 1 is 0.887 bits per heavy atom. The van der Waals surface area contributed by atoms with Gasteiger partial charge in [0, 0.05) is 12.0 Å². The van der Waals surface area contributed by atoms with Crippen LogP contribution in [0, 0.1) is 18.7 Å². The maximum atomic E-state index is 14.5. The third kappa shape index (κ3) is 13.3. The van der Waals surface area contributed by atoms with E-state index < -0.39 is 53.5 Å². The highest BCUT2D eigenvalue weighted by atomic mass is 19.1. The standard InChI is InChI=1S/C46H53FN4O11/c1-6-9-11-18-33(37(7-2)51(28-52)62-46(58)41-29(4)15-14-19-35(41)47)42(54)48-27-49-44(56)39-23-22-38(61-39)32-20-21-34(40(25-32)59-8-3)43(55)50-36(24-30(5)53)45(57)60-26-31-16-12-10-13-17-31/h10,12-17,19-23,25,28,33,36-37H,6-9,11,18,24,26-27H2,1-5H3,(H,48,54)(H,49,56)(H,50,55)/t33-,36+,37-/m1/s1. The molecule has 0 aliphatic rings. The van der Waals surface area contributed by atoms with E-state index in [2.05, 4.69) is 16.0 Å². The second kappa shape index (κ2) is 23.8. The molecule has 0 aliphatic carbocycles. The predicted molar refractivity (Wildman–Crippen MR) is 225 cm³/mol. The van der Waals surface area contributed by atoms with E-state index in [-0.39, 0.29) is 73.3 Å². The van der Waals surface area contributed by atoms with E-state index in [0.717, 1.165) is 29.5 Å². The minimum absolute atomic E-state index is 0.0403. The first-order chi connectivity index (χ1) is 29.8. The van der Waals surface area contributed by atoms with Crippen molar-refractivity contribution < 1.29 is 56.7 Å². The lowest BCUT2D eigenvalue weighted by atomic mass is 9.90. The third-order valence-corrected chi connectivity index (χ3v) is 9.84. The fourth-order valence-corrected chi connectivity index (χ4v) is 6.68. The number of nitrogens with one attached hydrogen (secondary N) is 3. The summed E-state index contributed by atoms with van der Waals surface area (Å²) in [6.45, 7) is 8.10. The molecule has 0 aliphatic heterocycles. The van der Waals surface area contributed by atoms with Crippen molar-refractivity contribution in [3.05, 3.63) is 113 Å². The van der Waals surface area contributed by atoms with Gasteiger partial charge in [-0.3, -0.25) is 24.0 Å². The second-order valence-corrected chi connectivity index (χ2v) is 14.4. The molecule has 16 heteroatoms. The van der Waals surface area contributed by atoms with E-state index in [1.807, 2.05) is 13.0 Å². The maximum absolute atomic E-state index is 14.5. The Morgan fingerprint density at radius 3 is 2.31 bits per heavy atom. The Kier molecular flexibility index (Phi) is 18.4. The molecule has 0 unspecified atom stereocenters. The highest BCUT2D eigenvalue weighted by Gasteiger charge is 2.34. The van der Waals surface area contributed by atoms with Crippen LogP contribution in [0.25, 0.3) is 11.3 Å². The molecular formula is C46H53FN4O11. The minimum atomic E-state index is -1.25. The molecule has 330 valence electrons. The number of esters is 1. The van der Waals surface area contributed by atoms with Crippen molar-refractivity contribution in [2.45, 2.75) is 91.8 Å². The molecule has 4 aromatic rings. The second-order valence-electron chi connectivity index (χ2n) is 14.4. The quantitative estimate of drug-likeness (QED) is 0.0225. The lowest BCUT2D eigenvalue weighted by Crippen LogP contribution is -2.49. The number of benzene rings is 3. The number of rotatable bonds is 24. The Balaban J connectivity index is 1.41. The monoisotopic (exact) mass is 856 g/mol. The highest BCUT2D eigenvalue weighted by Crippen LogP contribution is 2.30. The zero-order valence-corrected chi connectivity index (χ0v) is 35.5. The Hall–Kier alpha value is -6.84. The molecular weight excluding hydrogens is 804 g/mol. The zero-order chi connectivity index (χ0) is 45.2. The maximum Gasteiger partial charge on any atom is 0.366 e. The van der Waals surface area contributed by atoms with E-state index in [1.54, 1.807) is 44.2 Å². The molecule has 0 spiro atoms. The normalized spacial score (nSPS) is 12.2. The summed E-state index contributed by atoms with van der Waals surface area (Å²) in [5, 5.41) is 8.59. The minimum Gasteiger partial charge on any atom is -0.493 e. The van der Waals surface area contributed by atoms with Gasteiger partial charge in [0.15, 0.2) is 5.76 Å². The average Bonchev–Trinajstić information content (AvgIpc) is 3.75. The molecule has 15 nitrogen and oxygen atoms in total. The van der Waals surface area contributed by atoms with Gasteiger partial charge in [-0.1, -0.05) is 81.6 Å². The number of halogens is 1. The predicted octanol–water partition coefficient (Wildman–Crippen LogP) is 6.62. The van der Waals surface area contributed by atoms with Crippen molar-refractivity contribution >= 4 is 41.9 Å². The van der Waals surface area contributed by atoms with Gasteiger partial charge in [-0.25, -0.2) is 14.0 Å². The van der Waals surface area contributed by atoms with Crippen molar-refractivity contribution in [1.82, 2.24) is 21.0 Å². The number of carbonyl (C=O) groups excluding carboxylic acids is 7. The number of Topliss-reactive ketones (excluding diaryl/α,β-unsaturated/α-hetero) is 1. The van der Waals surface area contributed by atoms with Crippen LogP contribution in [0.15, 0.2) is 83.3 Å². The van der Waals surface area contributed by atoms with E-state index >= 15 is 0 Å². The van der Waals surface area contributed by atoms with Crippen LogP contribution in [0.5, 0.6) is 5.75 Å². The number of furan rings is 1. The number of carbonyl (C=O) groups is 7. The van der Waals surface area contributed by atoms with Gasteiger partial charge in [-0.05, 0) is 75.1 Å². The van der Waals surface area contributed by atoms with Crippen LogP contribution in [-0.2, 0) is 35.4 Å². The number of nitrogens with zero attached hydrogens (tertiary/aromatic N) is 1. The SMILES string of the molecule is CCCCC[C@@H](C(=O)NCNC(=O)c1ccc(-c2ccc(C(=O)N[C@@H](CC(C)=O)C(=O)OCc3ccccc3)c(OCC)c2)o1)[C@@H](CC)N(C=O)OC(=O)c1c(C)cccc1F. The van der Waals surface area contributed by atoms with Gasteiger partial charge >= 0.3 is 11.9 Å². The molecule has 0 saturated carbocycles. The first-order valence-electron chi connectivity index (χ1n) is 20.5. The first kappa shape index (κ1) is 47.8. The number of aryl methyl sites for hydroxylation is 1. The number of hydrogen-bond acceptors (Lipinski definition) is 11. The van der Waals surface area contributed by atoms with Gasteiger partial charge in [-0.2, -0.15) is 5.06 Å². The summed E-state index contributed by atoms with van der Waals surface area (Å²) in [7, 11) is 0. The Bertz CT molecular complexity index is 2170. The average molecular weight is 857 g/mol. The summed E-state index contributed by atoms with van der Waals surface area (Å²) in [5.74, 6) is -5.38. The van der Waals surface area contributed by atoms with Gasteiger partial charge < -0.3 is 34.7 Å². The van der Waals surface area contributed by atoms with Crippen LogP contribution >= 0.6 is 0 Å². The number of ether oxygens (including phenoxy) is 2. The van der Waals surface area contributed by atoms with E-state index in [9.17, 15) is 38.0 Å². The van der Waals surface area contributed by atoms with Gasteiger partial charge in [0.1, 0.15) is 41.3 Å². The summed E-state index contributed by atoms with van der Waals surface area (Å²) < 4.78 is 31.5. The van der Waals surface area contributed by atoms with Gasteiger partial charge in [-0.15, -0.1) is 0 Å². The van der Waals surface area contributed by atoms with Crippen molar-refractivity contribution in [3.8, 4) is 17.1 Å². The lowest BCUT2D eigenvalue weighted by Gasteiger charge is -2.32. The summed E-state index contributed by atoms with van der Waals surface area (Å²) >= 11 is 0. The van der Waals surface area contributed by atoms with Crippen molar-refractivity contribution in [2.75, 3.05) is 13.3 Å². The van der Waals surface area contributed by atoms with Gasteiger partial charge in [0.25, 0.3) is 11.8 Å². The van der Waals surface area contributed by atoms with Crippen LogP contribution in [0.2, 0.25) is 0 Å². The summed E-state index contributed by atoms with van der Waals surface area (Å²) in [6, 6.07) is 18.4. The van der Waals surface area contributed by atoms with Crippen molar-refractivity contribution in [3.63, 3.8) is 0 Å². The van der Waals surface area contributed by atoms with Gasteiger partial charge in [0.2, 0.25) is 12.3 Å². The highest BCUT2D eigenvalue weighted by molar-refractivity contribution is 6.00. The summed E-state index contributed by atoms with van der Waals surface area (Å²) in [4.78, 5) is 95.7. The smallest absolute Gasteiger partial charge is 0.366 e. The number of unbranched alkanes of at least 4 members (excludes halogenated alkanes) is 2. The molecule has 4 rings (SSSR count). The molecule has 0 bridgehead atoms. The molecule has 4 amide bonds. The largest absolute Gasteiger partial charge is 0.493 e. The van der Waals surface area contributed by atoms with E-state index in [0.29, 0.717) is 24.0 Å². The molecule has 1 aromatic heterocycles. The summed E-state index contributed by atoms with van der Waals surface area (Å²) in [6.07, 6.45) is 2.83. The zero-order valence-electron chi connectivity index (χ0n) is 35.5. The first-order valence-corrected chi connectivity index (χ1v) is 20.5. The van der Waals surface area contributed by atoms with E-state index in [4.69, 9.17) is 18.7 Å². The van der Waals surface area contributed by atoms with E-state index in [1.165, 1.54) is 50.2 Å². The molecule has 0 fully saturated rings. The number of amides is 4. The topological polar surface area (TPSA) is 200 Å². The van der Waals surface area contributed by atoms with Crippen molar-refractivity contribution in [2.24, 2.45) is 5.92 Å². The van der Waals surface area contributed by atoms with Gasteiger partial charge in [0.05, 0.1) is 30.8 Å². The number of hydrogen-bond donors (Lipinski definition) is 3. The third-order valence-electron chi connectivity index (χ3n) is 9.84. The molecule has 3 aromatic carbocycles. The Morgan fingerprint density at radius 2 is 1.65 bits per heavy atom. The molecule has 3 atom stereocenters. The number of ketones is 1. The summed E-state index contributed by atoms with van der Waals surface area (Å²) in [5.41, 5.74) is 1.26. The fourth-order valence-electron chi connectivity index (χ4n) is 6.68. The molecule has 3 N–H and O–H groups in total. The van der Waals surface area contributed by atoms with Crippen LogP contribution < -0.4 is 20.7 Å². The molecule has 1 heterocycles. The lowest BCUT2D eigenvalue weighted by molar-refractivity contribution is -0.171. The van der Waals surface area contributed by atoms with Crippen LogP contribution in [0.4, 0.5) is 4.39 Å².